The lowest BCUT2D eigenvalue weighted by Gasteiger charge is -2.21. The van der Waals surface area contributed by atoms with Gasteiger partial charge in [-0.15, -0.1) is 0 Å². The lowest BCUT2D eigenvalue weighted by Crippen LogP contribution is -2.35. The molecular weight excluding hydrogens is 302 g/mol. The van der Waals surface area contributed by atoms with Crippen LogP contribution in [0.3, 0.4) is 0 Å². The van der Waals surface area contributed by atoms with E-state index in [1.54, 1.807) is 24.5 Å². The summed E-state index contributed by atoms with van der Waals surface area (Å²) in [6, 6.07) is 11.6. The van der Waals surface area contributed by atoms with Gasteiger partial charge < -0.3 is 14.8 Å². The summed E-state index contributed by atoms with van der Waals surface area (Å²) in [6.07, 6.45) is 4.24. The number of amides is 1. The number of H-pyrrole nitrogens is 1. The third-order valence-corrected chi connectivity index (χ3v) is 4.39. The Bertz CT molecular complexity index is 812. The first-order valence-corrected chi connectivity index (χ1v) is 8.20. The zero-order chi connectivity index (χ0) is 16.4. The number of aromatic nitrogens is 3. The van der Waals surface area contributed by atoms with Gasteiger partial charge in [0, 0.05) is 44.1 Å². The molecule has 24 heavy (non-hydrogen) atoms. The molecule has 1 N–H and O–H groups in total. The Hall–Kier alpha value is -2.89. The zero-order valence-electron chi connectivity index (χ0n) is 13.4. The van der Waals surface area contributed by atoms with Crippen LogP contribution in [0.5, 0.6) is 0 Å². The normalized spacial score (nSPS) is 15.5. The van der Waals surface area contributed by atoms with E-state index < -0.39 is 0 Å². The first-order valence-electron chi connectivity index (χ1n) is 8.20. The molecular formula is C18H19N5O. The predicted octanol–water partition coefficient (Wildman–Crippen LogP) is 2.31. The first-order chi connectivity index (χ1) is 11.8. The van der Waals surface area contributed by atoms with Crippen LogP contribution in [0.1, 0.15) is 16.8 Å². The highest BCUT2D eigenvalue weighted by Crippen LogP contribution is 2.19. The van der Waals surface area contributed by atoms with Crippen LogP contribution < -0.4 is 4.90 Å². The minimum atomic E-state index is 0.0730. The largest absolute Gasteiger partial charge is 0.341 e. The Kier molecular flexibility index (Phi) is 3.86. The average Bonchev–Trinajstić information content (AvgIpc) is 2.91. The highest BCUT2D eigenvalue weighted by molar-refractivity contribution is 5.94. The number of carbonyl (C=O) groups is 1. The third kappa shape index (κ3) is 2.82. The molecule has 6 heteroatoms. The second kappa shape index (κ2) is 6.31. The number of imidazole rings is 1. The lowest BCUT2D eigenvalue weighted by atomic mass is 10.2. The Morgan fingerprint density at radius 2 is 1.83 bits per heavy atom. The van der Waals surface area contributed by atoms with Crippen molar-refractivity contribution in [2.75, 3.05) is 31.1 Å². The van der Waals surface area contributed by atoms with Crippen molar-refractivity contribution in [3.63, 3.8) is 0 Å². The summed E-state index contributed by atoms with van der Waals surface area (Å²) in [4.78, 5) is 28.7. The van der Waals surface area contributed by atoms with Gasteiger partial charge in [0.05, 0.1) is 11.0 Å². The van der Waals surface area contributed by atoms with E-state index in [4.69, 9.17) is 0 Å². The van der Waals surface area contributed by atoms with E-state index in [1.807, 2.05) is 29.2 Å². The standard InChI is InChI=1S/C18H19N5O/c24-17(14-6-8-19-9-7-14)22-10-3-11-23(13-12-22)18-20-15-4-1-2-5-16(15)21-18/h1-2,4-9H,3,10-13H2,(H,20,21). The van der Waals surface area contributed by atoms with Gasteiger partial charge in [0.15, 0.2) is 0 Å². The number of hydrogen-bond acceptors (Lipinski definition) is 4. The summed E-state index contributed by atoms with van der Waals surface area (Å²) in [5, 5.41) is 0. The molecule has 6 nitrogen and oxygen atoms in total. The summed E-state index contributed by atoms with van der Waals surface area (Å²) >= 11 is 0. The Labute approximate surface area is 140 Å². The van der Waals surface area contributed by atoms with E-state index in [1.165, 1.54) is 0 Å². The van der Waals surface area contributed by atoms with Crippen molar-refractivity contribution < 1.29 is 4.79 Å². The van der Waals surface area contributed by atoms with Crippen molar-refractivity contribution in [1.29, 1.82) is 0 Å². The maximum Gasteiger partial charge on any atom is 0.254 e. The molecule has 0 spiro atoms. The molecule has 1 aliphatic rings. The first kappa shape index (κ1) is 14.7. The predicted molar refractivity (Wildman–Crippen MR) is 93.1 cm³/mol. The van der Waals surface area contributed by atoms with E-state index in [-0.39, 0.29) is 5.91 Å². The van der Waals surface area contributed by atoms with Gasteiger partial charge >= 0.3 is 0 Å². The van der Waals surface area contributed by atoms with Crippen LogP contribution in [0.25, 0.3) is 11.0 Å². The number of nitrogens with zero attached hydrogens (tertiary/aromatic N) is 4. The van der Waals surface area contributed by atoms with Gasteiger partial charge in [-0.05, 0) is 30.7 Å². The van der Waals surface area contributed by atoms with Crippen LogP contribution in [-0.4, -0.2) is 51.9 Å². The number of hydrogen-bond donors (Lipinski definition) is 1. The van der Waals surface area contributed by atoms with E-state index in [2.05, 4.69) is 19.9 Å². The topological polar surface area (TPSA) is 65.1 Å². The Balaban J connectivity index is 1.49. The minimum Gasteiger partial charge on any atom is -0.341 e. The van der Waals surface area contributed by atoms with Crippen LogP contribution in [-0.2, 0) is 0 Å². The summed E-state index contributed by atoms with van der Waals surface area (Å²) < 4.78 is 0. The summed E-state index contributed by atoms with van der Waals surface area (Å²) in [7, 11) is 0. The van der Waals surface area contributed by atoms with Crippen LogP contribution in [0.4, 0.5) is 5.95 Å². The number of aromatic amines is 1. The Morgan fingerprint density at radius 1 is 1.00 bits per heavy atom. The van der Waals surface area contributed by atoms with Crippen LogP contribution in [0.2, 0.25) is 0 Å². The van der Waals surface area contributed by atoms with Gasteiger partial charge in [0.25, 0.3) is 5.91 Å². The van der Waals surface area contributed by atoms with Crippen molar-refractivity contribution in [2.24, 2.45) is 0 Å². The van der Waals surface area contributed by atoms with E-state index >= 15 is 0 Å². The van der Waals surface area contributed by atoms with Crippen molar-refractivity contribution in [3.05, 3.63) is 54.4 Å². The van der Waals surface area contributed by atoms with Crippen molar-refractivity contribution in [2.45, 2.75) is 6.42 Å². The van der Waals surface area contributed by atoms with E-state index in [9.17, 15) is 4.79 Å². The molecule has 0 unspecified atom stereocenters. The average molecular weight is 321 g/mol. The molecule has 0 radical (unpaired) electrons. The molecule has 0 bridgehead atoms. The number of anilines is 1. The fraction of sp³-hybridized carbons (Fsp3) is 0.278. The van der Waals surface area contributed by atoms with Gasteiger partial charge in [0.2, 0.25) is 5.95 Å². The van der Waals surface area contributed by atoms with Gasteiger partial charge in [0.1, 0.15) is 0 Å². The van der Waals surface area contributed by atoms with E-state index in [0.29, 0.717) is 12.1 Å². The highest BCUT2D eigenvalue weighted by Gasteiger charge is 2.21. The molecule has 122 valence electrons. The number of benzene rings is 1. The van der Waals surface area contributed by atoms with Crippen LogP contribution in [0.15, 0.2) is 48.8 Å². The van der Waals surface area contributed by atoms with Crippen molar-refractivity contribution in [1.82, 2.24) is 19.9 Å². The molecule has 2 aromatic heterocycles. The molecule has 0 aliphatic carbocycles. The molecule has 1 aromatic carbocycles. The minimum absolute atomic E-state index is 0.0730. The monoisotopic (exact) mass is 321 g/mol. The van der Waals surface area contributed by atoms with Gasteiger partial charge in [-0.1, -0.05) is 12.1 Å². The maximum atomic E-state index is 12.6. The maximum absolute atomic E-state index is 12.6. The van der Waals surface area contributed by atoms with Gasteiger partial charge in [-0.25, -0.2) is 4.98 Å². The smallest absolute Gasteiger partial charge is 0.254 e. The van der Waals surface area contributed by atoms with Gasteiger partial charge in [-0.3, -0.25) is 9.78 Å². The quantitative estimate of drug-likeness (QED) is 0.786. The molecule has 1 amide bonds. The number of carbonyl (C=O) groups excluding carboxylic acids is 1. The summed E-state index contributed by atoms with van der Waals surface area (Å²) in [5.74, 6) is 0.957. The molecule has 3 aromatic rings. The number of nitrogens with one attached hydrogen (secondary N) is 1. The highest BCUT2D eigenvalue weighted by atomic mass is 16.2. The lowest BCUT2D eigenvalue weighted by molar-refractivity contribution is 0.0767. The summed E-state index contributed by atoms with van der Waals surface area (Å²) in [6.45, 7) is 3.12. The van der Waals surface area contributed by atoms with Crippen molar-refractivity contribution in [3.8, 4) is 0 Å². The molecule has 1 fully saturated rings. The van der Waals surface area contributed by atoms with Crippen LogP contribution >= 0.6 is 0 Å². The summed E-state index contributed by atoms with van der Waals surface area (Å²) in [5.41, 5.74) is 2.71. The third-order valence-electron chi connectivity index (χ3n) is 4.39. The SMILES string of the molecule is O=C(c1ccncc1)N1CCCN(c2nc3ccccc3[nH]2)CC1. The van der Waals surface area contributed by atoms with E-state index in [0.717, 1.165) is 43.0 Å². The fourth-order valence-corrected chi connectivity index (χ4v) is 3.10. The van der Waals surface area contributed by atoms with Crippen molar-refractivity contribution >= 4 is 22.9 Å². The molecule has 3 heterocycles. The Morgan fingerprint density at radius 3 is 2.67 bits per heavy atom. The number of pyridine rings is 1. The van der Waals surface area contributed by atoms with Gasteiger partial charge in [-0.2, -0.15) is 0 Å². The van der Waals surface area contributed by atoms with Crippen LogP contribution in [0, 0.1) is 0 Å². The molecule has 1 saturated heterocycles. The zero-order valence-corrected chi connectivity index (χ0v) is 13.4. The number of para-hydroxylation sites is 2. The molecule has 1 aliphatic heterocycles. The fourth-order valence-electron chi connectivity index (χ4n) is 3.10. The molecule has 0 atom stereocenters. The second-order valence-corrected chi connectivity index (χ2v) is 5.95. The second-order valence-electron chi connectivity index (χ2n) is 5.95. The number of rotatable bonds is 2. The number of fused-ring (bicyclic) bond motifs is 1. The molecule has 0 saturated carbocycles. The molecule has 4 rings (SSSR count).